The molecule has 0 saturated heterocycles. The predicted octanol–water partition coefficient (Wildman–Crippen LogP) is 1.76. The number of methoxy groups -OCH3 is 2. The number of esters is 1. The maximum atomic E-state index is 11.7. The summed E-state index contributed by atoms with van der Waals surface area (Å²) >= 11 is 0. The third kappa shape index (κ3) is 2.15. The van der Waals surface area contributed by atoms with Gasteiger partial charge in [0.05, 0.1) is 19.9 Å². The summed E-state index contributed by atoms with van der Waals surface area (Å²) in [5, 5.41) is 0. The minimum absolute atomic E-state index is 0.205. The van der Waals surface area contributed by atoms with E-state index in [1.807, 2.05) is 12.1 Å². The number of carbonyl (C=O) groups is 1. The molecule has 1 unspecified atom stereocenters. The second-order valence-corrected chi connectivity index (χ2v) is 3.94. The molecule has 0 spiro atoms. The Kier molecular flexibility index (Phi) is 3.08. The highest BCUT2D eigenvalue weighted by molar-refractivity contribution is 5.78. The molecule has 1 aromatic rings. The second-order valence-electron chi connectivity index (χ2n) is 3.94. The van der Waals surface area contributed by atoms with E-state index in [-0.39, 0.29) is 11.9 Å². The highest BCUT2D eigenvalue weighted by atomic mass is 16.5. The van der Waals surface area contributed by atoms with Crippen molar-refractivity contribution in [3.05, 3.63) is 23.9 Å². The van der Waals surface area contributed by atoms with E-state index in [0.29, 0.717) is 11.8 Å². The Bertz CT molecular complexity index is 388. The molecule has 1 heterocycles. The lowest BCUT2D eigenvalue weighted by atomic mass is 9.99. The molecule has 4 heteroatoms. The summed E-state index contributed by atoms with van der Waals surface area (Å²) in [6, 6.07) is 5.46. The lowest BCUT2D eigenvalue weighted by molar-refractivity contribution is -0.143. The number of carbonyl (C=O) groups excluding carboxylic acids is 1. The van der Waals surface area contributed by atoms with Gasteiger partial charge in [0.1, 0.15) is 5.92 Å². The van der Waals surface area contributed by atoms with E-state index in [9.17, 15) is 4.79 Å². The van der Waals surface area contributed by atoms with Crippen LogP contribution in [0.1, 0.15) is 24.5 Å². The Labute approximate surface area is 94.6 Å². The zero-order chi connectivity index (χ0) is 11.5. The van der Waals surface area contributed by atoms with Crippen LogP contribution in [-0.2, 0) is 9.53 Å². The Morgan fingerprint density at radius 1 is 1.44 bits per heavy atom. The zero-order valence-electron chi connectivity index (χ0n) is 9.47. The Balaban J connectivity index is 2.27. The third-order valence-corrected chi connectivity index (χ3v) is 2.82. The van der Waals surface area contributed by atoms with Crippen molar-refractivity contribution in [2.75, 3.05) is 14.2 Å². The average Bonchev–Trinajstić information content (AvgIpc) is 3.14. The van der Waals surface area contributed by atoms with Crippen LogP contribution in [0.5, 0.6) is 5.88 Å². The third-order valence-electron chi connectivity index (χ3n) is 2.82. The van der Waals surface area contributed by atoms with Gasteiger partial charge in [0.15, 0.2) is 0 Å². The van der Waals surface area contributed by atoms with E-state index < -0.39 is 0 Å². The van der Waals surface area contributed by atoms with E-state index >= 15 is 0 Å². The van der Waals surface area contributed by atoms with Crippen molar-refractivity contribution >= 4 is 5.97 Å². The summed E-state index contributed by atoms with van der Waals surface area (Å²) in [4.78, 5) is 16.0. The molecule has 1 fully saturated rings. The highest BCUT2D eigenvalue weighted by Gasteiger charge is 2.39. The summed E-state index contributed by atoms with van der Waals surface area (Å²) in [6.45, 7) is 0. The quantitative estimate of drug-likeness (QED) is 0.727. The first-order valence-electron chi connectivity index (χ1n) is 5.35. The van der Waals surface area contributed by atoms with Gasteiger partial charge in [-0.25, -0.2) is 4.98 Å². The number of pyridine rings is 1. The van der Waals surface area contributed by atoms with Crippen LogP contribution in [-0.4, -0.2) is 25.2 Å². The van der Waals surface area contributed by atoms with Crippen LogP contribution < -0.4 is 4.74 Å². The van der Waals surface area contributed by atoms with Crippen LogP contribution in [0.3, 0.4) is 0 Å². The van der Waals surface area contributed by atoms with Gasteiger partial charge in [-0.15, -0.1) is 0 Å². The van der Waals surface area contributed by atoms with E-state index in [2.05, 4.69) is 4.98 Å². The van der Waals surface area contributed by atoms with Crippen molar-refractivity contribution in [1.29, 1.82) is 0 Å². The minimum Gasteiger partial charge on any atom is -0.481 e. The van der Waals surface area contributed by atoms with Crippen molar-refractivity contribution in [1.82, 2.24) is 4.98 Å². The fraction of sp³-hybridized carbons (Fsp3) is 0.500. The number of nitrogens with zero attached hydrogens (tertiary/aromatic N) is 1. The van der Waals surface area contributed by atoms with Gasteiger partial charge < -0.3 is 9.47 Å². The van der Waals surface area contributed by atoms with E-state index in [0.717, 1.165) is 18.5 Å². The maximum absolute atomic E-state index is 11.7. The molecule has 1 atom stereocenters. The molecule has 0 aliphatic heterocycles. The molecule has 1 aliphatic carbocycles. The van der Waals surface area contributed by atoms with E-state index in [1.165, 1.54) is 7.11 Å². The van der Waals surface area contributed by atoms with Gasteiger partial charge in [-0.3, -0.25) is 4.79 Å². The fourth-order valence-electron chi connectivity index (χ4n) is 1.83. The van der Waals surface area contributed by atoms with Gasteiger partial charge in [0.25, 0.3) is 0 Å². The molecule has 1 aliphatic rings. The van der Waals surface area contributed by atoms with Gasteiger partial charge in [-0.1, -0.05) is 6.07 Å². The number of aromatic nitrogens is 1. The Hall–Kier alpha value is -1.58. The summed E-state index contributed by atoms with van der Waals surface area (Å²) < 4.78 is 9.88. The topological polar surface area (TPSA) is 48.4 Å². The van der Waals surface area contributed by atoms with Crippen molar-refractivity contribution < 1.29 is 14.3 Å². The second kappa shape index (κ2) is 4.51. The smallest absolute Gasteiger partial charge is 0.315 e. The molecule has 0 amide bonds. The molecular weight excluding hydrogens is 206 g/mol. The predicted molar refractivity (Wildman–Crippen MR) is 58.3 cm³/mol. The number of hydrogen-bond acceptors (Lipinski definition) is 4. The van der Waals surface area contributed by atoms with Gasteiger partial charge in [-0.2, -0.15) is 0 Å². The lowest BCUT2D eigenvalue weighted by Gasteiger charge is -2.13. The minimum atomic E-state index is -0.236. The fourth-order valence-corrected chi connectivity index (χ4v) is 1.83. The van der Waals surface area contributed by atoms with E-state index in [4.69, 9.17) is 9.47 Å². The van der Waals surface area contributed by atoms with Crippen LogP contribution >= 0.6 is 0 Å². The maximum Gasteiger partial charge on any atom is 0.315 e. The summed E-state index contributed by atoms with van der Waals surface area (Å²) in [5.41, 5.74) is 0.744. The van der Waals surface area contributed by atoms with E-state index in [1.54, 1.807) is 13.2 Å². The average molecular weight is 221 g/mol. The first kappa shape index (κ1) is 10.9. The SMILES string of the molecule is COC(=O)C(c1cccc(OC)n1)C1CC1. The van der Waals surface area contributed by atoms with Crippen LogP contribution in [0.15, 0.2) is 18.2 Å². The van der Waals surface area contributed by atoms with Crippen LogP contribution in [0.2, 0.25) is 0 Å². The van der Waals surface area contributed by atoms with Crippen molar-refractivity contribution in [2.45, 2.75) is 18.8 Å². The molecule has 86 valence electrons. The molecule has 0 N–H and O–H groups in total. The molecular formula is C12H15NO3. The normalized spacial score (nSPS) is 16.6. The van der Waals surface area contributed by atoms with Crippen molar-refractivity contribution in [3.8, 4) is 5.88 Å². The Morgan fingerprint density at radius 3 is 2.75 bits per heavy atom. The molecule has 0 bridgehead atoms. The molecule has 0 radical (unpaired) electrons. The van der Waals surface area contributed by atoms with Gasteiger partial charge in [0.2, 0.25) is 5.88 Å². The van der Waals surface area contributed by atoms with Gasteiger partial charge in [-0.05, 0) is 24.8 Å². The van der Waals surface area contributed by atoms with Crippen LogP contribution in [0, 0.1) is 5.92 Å². The van der Waals surface area contributed by atoms with Crippen molar-refractivity contribution in [3.63, 3.8) is 0 Å². The number of rotatable bonds is 4. The Morgan fingerprint density at radius 2 is 2.19 bits per heavy atom. The first-order chi connectivity index (χ1) is 7.76. The largest absolute Gasteiger partial charge is 0.481 e. The highest BCUT2D eigenvalue weighted by Crippen LogP contribution is 2.42. The van der Waals surface area contributed by atoms with Crippen LogP contribution in [0.25, 0.3) is 0 Å². The molecule has 4 nitrogen and oxygen atoms in total. The zero-order valence-corrected chi connectivity index (χ0v) is 9.47. The summed E-state index contributed by atoms with van der Waals surface area (Å²) in [6.07, 6.45) is 2.14. The summed E-state index contributed by atoms with van der Waals surface area (Å²) in [5.74, 6) is 0.475. The first-order valence-corrected chi connectivity index (χ1v) is 5.35. The standard InChI is InChI=1S/C12H15NO3/c1-15-10-5-3-4-9(13-10)11(8-6-7-8)12(14)16-2/h3-5,8,11H,6-7H2,1-2H3. The number of ether oxygens (including phenoxy) is 2. The summed E-state index contributed by atoms with van der Waals surface area (Å²) in [7, 11) is 2.98. The molecule has 0 aromatic carbocycles. The monoisotopic (exact) mass is 221 g/mol. The molecule has 1 saturated carbocycles. The molecule has 2 rings (SSSR count). The van der Waals surface area contributed by atoms with Crippen LogP contribution in [0.4, 0.5) is 0 Å². The van der Waals surface area contributed by atoms with Gasteiger partial charge >= 0.3 is 5.97 Å². The van der Waals surface area contributed by atoms with Gasteiger partial charge in [0, 0.05) is 6.07 Å². The number of hydrogen-bond donors (Lipinski definition) is 0. The van der Waals surface area contributed by atoms with Crippen molar-refractivity contribution in [2.24, 2.45) is 5.92 Å². The lowest BCUT2D eigenvalue weighted by Crippen LogP contribution is -2.17. The molecule has 16 heavy (non-hydrogen) atoms. The molecule has 1 aromatic heterocycles.